The number of nitrogens with one attached hydrogen (secondary N) is 1. The van der Waals surface area contributed by atoms with Crippen LogP contribution < -0.4 is 0 Å². The van der Waals surface area contributed by atoms with E-state index in [1.807, 2.05) is 36.4 Å². The molecule has 0 atom stereocenters. The fourth-order valence-corrected chi connectivity index (χ4v) is 5.02. The zero-order valence-electron chi connectivity index (χ0n) is 15.9. The second-order valence-corrected chi connectivity index (χ2v) is 8.40. The molecule has 2 aromatic carbocycles. The Bertz CT molecular complexity index is 1450. The highest BCUT2D eigenvalue weighted by Gasteiger charge is 2.29. The van der Waals surface area contributed by atoms with Crippen LogP contribution in [0.25, 0.3) is 33.5 Å². The van der Waals surface area contributed by atoms with Gasteiger partial charge in [0.25, 0.3) is 10.0 Å². The number of aromatic amines is 1. The molecule has 10 nitrogen and oxygen atoms in total. The van der Waals surface area contributed by atoms with Gasteiger partial charge in [-0.1, -0.05) is 47.6 Å². The van der Waals surface area contributed by atoms with Crippen molar-refractivity contribution in [1.82, 2.24) is 35.0 Å². The van der Waals surface area contributed by atoms with Crippen molar-refractivity contribution in [3.63, 3.8) is 0 Å². The van der Waals surface area contributed by atoms with E-state index >= 15 is 0 Å². The van der Waals surface area contributed by atoms with Crippen molar-refractivity contribution in [3.05, 3.63) is 60.0 Å². The third kappa shape index (κ3) is 2.70. The van der Waals surface area contributed by atoms with Gasteiger partial charge in [-0.15, -0.1) is 5.10 Å². The summed E-state index contributed by atoms with van der Waals surface area (Å²) in [5.74, 6) is 0.761. The molecule has 0 saturated carbocycles. The van der Waals surface area contributed by atoms with Crippen LogP contribution in [0, 0.1) is 13.8 Å². The topological polar surface area (TPSA) is 132 Å². The molecule has 0 unspecified atom stereocenters. The van der Waals surface area contributed by atoms with Gasteiger partial charge in [0.1, 0.15) is 11.4 Å². The van der Waals surface area contributed by atoms with Gasteiger partial charge in [-0.05, 0) is 30.3 Å². The number of aryl methyl sites for hydroxylation is 2. The van der Waals surface area contributed by atoms with Crippen LogP contribution in [0.3, 0.4) is 0 Å². The SMILES string of the molecule is Cc1noc(C)c1S(=O)(=O)n1nc(-c2ccc(-c3nnn[nH]3)cc2)c2ccccc21. The highest BCUT2D eigenvalue weighted by molar-refractivity contribution is 7.90. The lowest BCUT2D eigenvalue weighted by molar-refractivity contribution is 0.390. The first-order chi connectivity index (χ1) is 14.5. The molecule has 0 spiro atoms. The van der Waals surface area contributed by atoms with Gasteiger partial charge in [-0.3, -0.25) is 0 Å². The molecule has 3 heterocycles. The van der Waals surface area contributed by atoms with Crippen LogP contribution in [0.1, 0.15) is 11.5 Å². The monoisotopic (exact) mass is 421 g/mol. The highest BCUT2D eigenvalue weighted by Crippen LogP contribution is 2.32. The summed E-state index contributed by atoms with van der Waals surface area (Å²) in [5, 5.41) is 22.7. The van der Waals surface area contributed by atoms with E-state index in [2.05, 4.69) is 30.9 Å². The fraction of sp³-hybridized carbons (Fsp3) is 0.105. The van der Waals surface area contributed by atoms with Crippen molar-refractivity contribution in [1.29, 1.82) is 0 Å². The van der Waals surface area contributed by atoms with E-state index < -0.39 is 10.0 Å². The Morgan fingerprint density at radius 1 is 1.00 bits per heavy atom. The smallest absolute Gasteiger partial charge is 0.288 e. The van der Waals surface area contributed by atoms with Crippen molar-refractivity contribution >= 4 is 20.9 Å². The van der Waals surface area contributed by atoms with Crippen molar-refractivity contribution in [2.75, 3.05) is 0 Å². The van der Waals surface area contributed by atoms with Gasteiger partial charge in [0.15, 0.2) is 16.5 Å². The Labute approximate surface area is 170 Å². The van der Waals surface area contributed by atoms with E-state index in [1.54, 1.807) is 26.0 Å². The third-order valence-corrected chi connectivity index (χ3v) is 6.62. The zero-order valence-corrected chi connectivity index (χ0v) is 16.8. The molecule has 0 saturated heterocycles. The molecule has 5 rings (SSSR count). The Morgan fingerprint density at radius 3 is 2.40 bits per heavy atom. The van der Waals surface area contributed by atoms with Gasteiger partial charge in [-0.2, -0.15) is 17.6 Å². The lowest BCUT2D eigenvalue weighted by atomic mass is 10.1. The van der Waals surface area contributed by atoms with Crippen LogP contribution >= 0.6 is 0 Å². The standard InChI is InChI=1S/C19H15N7O3S/c1-11-18(12(2)29-23-11)30(27,28)26-16-6-4-3-5-15(16)17(22-26)13-7-9-14(10-8-13)19-20-24-25-21-19/h3-10H,1-2H3,(H,20,21,24,25). The maximum absolute atomic E-state index is 13.4. The first kappa shape index (κ1) is 18.2. The minimum absolute atomic E-state index is 0.0236. The highest BCUT2D eigenvalue weighted by atomic mass is 32.2. The normalized spacial score (nSPS) is 11.9. The molecule has 30 heavy (non-hydrogen) atoms. The van der Waals surface area contributed by atoms with E-state index in [4.69, 9.17) is 4.52 Å². The number of rotatable bonds is 4. The molecule has 0 fully saturated rings. The van der Waals surface area contributed by atoms with E-state index in [1.165, 1.54) is 0 Å². The molecule has 0 aliphatic carbocycles. The Balaban J connectivity index is 1.69. The Hall–Kier alpha value is -3.86. The maximum atomic E-state index is 13.4. The van der Waals surface area contributed by atoms with Crippen LogP contribution in [0.5, 0.6) is 0 Å². The van der Waals surface area contributed by atoms with Gasteiger partial charge >= 0.3 is 0 Å². The molecule has 150 valence electrons. The van der Waals surface area contributed by atoms with Crippen LogP contribution in [0.4, 0.5) is 0 Å². The van der Waals surface area contributed by atoms with Crippen molar-refractivity contribution in [3.8, 4) is 22.6 Å². The lowest BCUT2D eigenvalue weighted by Gasteiger charge is -2.05. The molecule has 1 N–H and O–H groups in total. The van der Waals surface area contributed by atoms with Crippen LogP contribution in [0.15, 0.2) is 57.9 Å². The molecule has 11 heteroatoms. The Morgan fingerprint density at radius 2 is 1.73 bits per heavy atom. The predicted molar refractivity (Wildman–Crippen MR) is 107 cm³/mol. The number of tetrazole rings is 1. The molecular formula is C19H15N7O3S. The molecule has 0 radical (unpaired) electrons. The summed E-state index contributed by atoms with van der Waals surface area (Å²) in [6, 6.07) is 14.5. The molecule has 0 amide bonds. The van der Waals surface area contributed by atoms with Crippen LogP contribution in [0.2, 0.25) is 0 Å². The second-order valence-electron chi connectivity index (χ2n) is 6.69. The summed E-state index contributed by atoms with van der Waals surface area (Å²) in [4.78, 5) is 0.0236. The van der Waals surface area contributed by atoms with Gasteiger partial charge in [0.2, 0.25) is 0 Å². The number of H-pyrrole nitrogens is 1. The van der Waals surface area contributed by atoms with Gasteiger partial charge in [-0.25, -0.2) is 5.10 Å². The van der Waals surface area contributed by atoms with Gasteiger partial charge in [0, 0.05) is 16.5 Å². The van der Waals surface area contributed by atoms with Gasteiger partial charge < -0.3 is 4.52 Å². The fourth-order valence-electron chi connectivity index (χ4n) is 3.43. The maximum Gasteiger partial charge on any atom is 0.288 e. The predicted octanol–water partition coefficient (Wildman–Crippen LogP) is 2.73. The van der Waals surface area contributed by atoms with Crippen molar-refractivity contribution in [2.45, 2.75) is 18.7 Å². The van der Waals surface area contributed by atoms with E-state index in [0.717, 1.165) is 15.2 Å². The number of nitrogens with zero attached hydrogens (tertiary/aromatic N) is 6. The lowest BCUT2D eigenvalue weighted by Crippen LogP contribution is -2.16. The molecule has 0 aliphatic heterocycles. The minimum Gasteiger partial charge on any atom is -0.360 e. The molecular weight excluding hydrogens is 406 g/mol. The second kappa shape index (κ2) is 6.59. The van der Waals surface area contributed by atoms with Crippen molar-refractivity contribution in [2.24, 2.45) is 0 Å². The van der Waals surface area contributed by atoms with E-state index in [0.29, 0.717) is 28.1 Å². The first-order valence-corrected chi connectivity index (χ1v) is 10.4. The number of aromatic nitrogens is 7. The summed E-state index contributed by atoms with van der Waals surface area (Å²) in [6.07, 6.45) is 0. The summed E-state index contributed by atoms with van der Waals surface area (Å²) >= 11 is 0. The summed E-state index contributed by atoms with van der Waals surface area (Å²) < 4.78 is 32.9. The molecule has 0 bridgehead atoms. The number of benzene rings is 2. The molecule has 0 aliphatic rings. The summed E-state index contributed by atoms with van der Waals surface area (Å²) in [6.45, 7) is 3.16. The van der Waals surface area contributed by atoms with Crippen LogP contribution in [-0.2, 0) is 10.0 Å². The van der Waals surface area contributed by atoms with Crippen LogP contribution in [-0.4, -0.2) is 43.4 Å². The number of hydrogen-bond acceptors (Lipinski definition) is 8. The summed E-state index contributed by atoms with van der Waals surface area (Å²) in [7, 11) is -4.00. The quantitative estimate of drug-likeness (QED) is 0.468. The average Bonchev–Trinajstić information content (AvgIpc) is 3.47. The molecule has 5 aromatic rings. The first-order valence-electron chi connectivity index (χ1n) is 8.97. The van der Waals surface area contributed by atoms with Gasteiger partial charge in [0.05, 0.1) is 5.52 Å². The van der Waals surface area contributed by atoms with Crippen molar-refractivity contribution < 1.29 is 12.9 Å². The zero-order chi connectivity index (χ0) is 20.9. The van der Waals surface area contributed by atoms with E-state index in [-0.39, 0.29) is 10.7 Å². The largest absolute Gasteiger partial charge is 0.360 e. The number of fused-ring (bicyclic) bond motifs is 1. The van der Waals surface area contributed by atoms with E-state index in [9.17, 15) is 8.42 Å². The third-order valence-electron chi connectivity index (χ3n) is 4.79. The minimum atomic E-state index is -4.00. The summed E-state index contributed by atoms with van der Waals surface area (Å²) in [5.41, 5.74) is 2.86. The Kier molecular flexibility index (Phi) is 4.00. The molecule has 3 aromatic heterocycles. The number of para-hydroxylation sites is 1. The average molecular weight is 421 g/mol. The number of hydrogen-bond donors (Lipinski definition) is 1.